The third-order valence-corrected chi connectivity index (χ3v) is 4.61. The van der Waals surface area contributed by atoms with Crippen LogP contribution in [-0.2, 0) is 30.3 Å². The number of amides is 2. The number of carbonyl (C=O) groups is 3. The first kappa shape index (κ1) is 20.5. The molecule has 1 N–H and O–H groups in total. The summed E-state index contributed by atoms with van der Waals surface area (Å²) in [5, 5.41) is 7.22. The summed E-state index contributed by atoms with van der Waals surface area (Å²) in [4.78, 5) is 51.1. The van der Waals surface area contributed by atoms with Crippen molar-refractivity contribution in [2.24, 2.45) is 0 Å². The van der Waals surface area contributed by atoms with Crippen molar-refractivity contribution in [3.63, 3.8) is 0 Å². The Morgan fingerprint density at radius 3 is 2.62 bits per heavy atom. The molecule has 2 heterocycles. The summed E-state index contributed by atoms with van der Waals surface area (Å²) < 4.78 is 10.2. The van der Waals surface area contributed by atoms with Crippen LogP contribution < -0.4 is 5.56 Å². The first-order valence-electron chi connectivity index (χ1n) is 9.17. The second-order valence-corrected chi connectivity index (χ2v) is 6.63. The van der Waals surface area contributed by atoms with E-state index in [2.05, 4.69) is 10.2 Å². The number of hydrogen-bond acceptors (Lipinski definition) is 7. The van der Waals surface area contributed by atoms with Crippen LogP contribution in [0.3, 0.4) is 0 Å². The molecular weight excluding hydrogens is 380 g/mol. The lowest BCUT2D eigenvalue weighted by Gasteiger charge is -2.28. The Kier molecular flexibility index (Phi) is 6.55. The van der Waals surface area contributed by atoms with Gasteiger partial charge in [-0.25, -0.2) is 5.10 Å². The zero-order valence-electron chi connectivity index (χ0n) is 16.1. The maximum atomic E-state index is 12.2. The van der Waals surface area contributed by atoms with Crippen LogP contribution in [0.2, 0.25) is 0 Å². The van der Waals surface area contributed by atoms with Crippen molar-refractivity contribution in [3.05, 3.63) is 40.3 Å². The molecule has 2 amide bonds. The Balaban J connectivity index is 1.51. The zero-order valence-corrected chi connectivity index (χ0v) is 16.1. The number of likely N-dealkylation sites (N-methyl/N-ethyl adjacent to an activating group) is 1. The number of aromatic amines is 1. The summed E-state index contributed by atoms with van der Waals surface area (Å²) in [7, 11) is 1.48. The van der Waals surface area contributed by atoms with Crippen molar-refractivity contribution in [2.75, 3.05) is 46.5 Å². The van der Waals surface area contributed by atoms with Gasteiger partial charge in [0.25, 0.3) is 11.5 Å². The van der Waals surface area contributed by atoms with Gasteiger partial charge in [-0.15, -0.1) is 0 Å². The zero-order chi connectivity index (χ0) is 20.8. The largest absolute Gasteiger partial charge is 0.455 e. The second kappa shape index (κ2) is 9.28. The van der Waals surface area contributed by atoms with Crippen molar-refractivity contribution in [3.8, 4) is 0 Å². The van der Waals surface area contributed by atoms with Crippen LogP contribution in [0.15, 0.2) is 29.1 Å². The summed E-state index contributed by atoms with van der Waals surface area (Å²) in [6, 6.07) is 6.78. The average Bonchev–Trinajstić information content (AvgIpc) is 2.74. The lowest BCUT2D eigenvalue weighted by Crippen LogP contribution is -2.46. The molecule has 0 aliphatic carbocycles. The molecule has 10 nitrogen and oxygen atoms in total. The van der Waals surface area contributed by atoms with Gasteiger partial charge in [-0.2, -0.15) is 5.10 Å². The SMILES string of the molecule is CN(CC(=O)N1CCOCC1)C(=O)COC(=O)Cc1n[nH]c(=O)c2ccccc12. The van der Waals surface area contributed by atoms with E-state index in [1.54, 1.807) is 29.2 Å². The molecule has 0 saturated carbocycles. The molecule has 0 atom stereocenters. The van der Waals surface area contributed by atoms with Gasteiger partial charge in [0.1, 0.15) is 0 Å². The van der Waals surface area contributed by atoms with Gasteiger partial charge in [-0.05, 0) is 6.07 Å². The molecule has 2 aromatic rings. The van der Waals surface area contributed by atoms with Crippen LogP contribution in [-0.4, -0.2) is 84.3 Å². The fourth-order valence-electron chi connectivity index (χ4n) is 2.95. The summed E-state index contributed by atoms with van der Waals surface area (Å²) in [6.07, 6.45) is -0.193. The lowest BCUT2D eigenvalue weighted by atomic mass is 10.1. The van der Waals surface area contributed by atoms with Gasteiger partial charge in [0.15, 0.2) is 6.61 Å². The van der Waals surface area contributed by atoms with Crippen molar-refractivity contribution < 1.29 is 23.9 Å². The van der Waals surface area contributed by atoms with Crippen LogP contribution >= 0.6 is 0 Å². The number of benzene rings is 1. The van der Waals surface area contributed by atoms with Crippen molar-refractivity contribution in [1.29, 1.82) is 0 Å². The fourth-order valence-corrected chi connectivity index (χ4v) is 2.95. The third-order valence-electron chi connectivity index (χ3n) is 4.61. The van der Waals surface area contributed by atoms with Crippen LogP contribution in [0.25, 0.3) is 10.8 Å². The van der Waals surface area contributed by atoms with Gasteiger partial charge >= 0.3 is 5.97 Å². The summed E-state index contributed by atoms with van der Waals surface area (Å²) in [5.74, 6) is -1.32. The highest BCUT2D eigenvalue weighted by molar-refractivity contribution is 5.88. The molecule has 1 aromatic carbocycles. The number of H-pyrrole nitrogens is 1. The molecule has 0 spiro atoms. The van der Waals surface area contributed by atoms with E-state index in [0.717, 1.165) is 0 Å². The van der Waals surface area contributed by atoms with E-state index < -0.39 is 18.5 Å². The molecule has 1 saturated heterocycles. The lowest BCUT2D eigenvalue weighted by molar-refractivity contribution is -0.152. The Labute approximate surface area is 166 Å². The van der Waals surface area contributed by atoms with Crippen molar-refractivity contribution in [1.82, 2.24) is 20.0 Å². The highest BCUT2D eigenvalue weighted by atomic mass is 16.5. The van der Waals surface area contributed by atoms with Gasteiger partial charge in [0.2, 0.25) is 5.91 Å². The van der Waals surface area contributed by atoms with Gasteiger partial charge in [0.05, 0.1) is 37.3 Å². The van der Waals surface area contributed by atoms with Crippen LogP contribution in [0.5, 0.6) is 0 Å². The molecule has 0 bridgehead atoms. The fraction of sp³-hybridized carbons (Fsp3) is 0.421. The van der Waals surface area contributed by atoms with E-state index >= 15 is 0 Å². The molecule has 1 aliphatic rings. The standard InChI is InChI=1S/C19H22N4O6/c1-22(11-16(24)23-6-8-28-9-7-23)17(25)12-29-18(26)10-15-13-4-2-3-5-14(13)19(27)21-20-15/h2-5H,6-12H2,1H3,(H,21,27). The predicted octanol–water partition coefficient (Wildman–Crippen LogP) is -0.674. The van der Waals surface area contributed by atoms with E-state index in [9.17, 15) is 19.2 Å². The average molecular weight is 402 g/mol. The Bertz CT molecular complexity index is 967. The topological polar surface area (TPSA) is 122 Å². The Morgan fingerprint density at radius 1 is 1.21 bits per heavy atom. The summed E-state index contributed by atoms with van der Waals surface area (Å²) in [6.45, 7) is 1.38. The van der Waals surface area contributed by atoms with Gasteiger partial charge < -0.3 is 19.3 Å². The van der Waals surface area contributed by atoms with E-state index in [1.807, 2.05) is 0 Å². The Morgan fingerprint density at radius 2 is 1.90 bits per heavy atom. The monoisotopic (exact) mass is 402 g/mol. The molecule has 0 radical (unpaired) electrons. The van der Waals surface area contributed by atoms with E-state index in [4.69, 9.17) is 9.47 Å². The van der Waals surface area contributed by atoms with Gasteiger partial charge in [-0.1, -0.05) is 18.2 Å². The molecule has 29 heavy (non-hydrogen) atoms. The normalized spacial score (nSPS) is 13.9. The van der Waals surface area contributed by atoms with Crippen LogP contribution in [0.1, 0.15) is 5.69 Å². The second-order valence-electron chi connectivity index (χ2n) is 6.63. The molecule has 1 aliphatic heterocycles. The number of rotatable bonds is 6. The summed E-state index contributed by atoms with van der Waals surface area (Å²) >= 11 is 0. The first-order chi connectivity index (χ1) is 14.0. The quantitative estimate of drug-likeness (QED) is 0.636. The number of ether oxygens (including phenoxy) is 2. The first-order valence-corrected chi connectivity index (χ1v) is 9.17. The number of carbonyl (C=O) groups excluding carboxylic acids is 3. The van der Waals surface area contributed by atoms with Gasteiger partial charge in [-0.3, -0.25) is 19.2 Å². The number of aromatic nitrogens is 2. The van der Waals surface area contributed by atoms with E-state index in [1.165, 1.54) is 11.9 Å². The maximum absolute atomic E-state index is 12.2. The molecular formula is C19H22N4O6. The number of nitrogens with zero attached hydrogens (tertiary/aromatic N) is 3. The number of morpholine rings is 1. The molecule has 3 rings (SSSR count). The summed E-state index contributed by atoms with van der Waals surface area (Å²) in [5.41, 5.74) is 0.00736. The number of fused-ring (bicyclic) bond motifs is 1. The van der Waals surface area contributed by atoms with Crippen molar-refractivity contribution >= 4 is 28.6 Å². The smallest absolute Gasteiger partial charge is 0.312 e. The van der Waals surface area contributed by atoms with Crippen LogP contribution in [0, 0.1) is 0 Å². The third kappa shape index (κ3) is 5.17. The van der Waals surface area contributed by atoms with Crippen LogP contribution in [0.4, 0.5) is 0 Å². The number of hydrogen-bond donors (Lipinski definition) is 1. The van der Waals surface area contributed by atoms with E-state index in [0.29, 0.717) is 42.8 Å². The number of esters is 1. The Hall–Kier alpha value is -3.27. The molecule has 10 heteroatoms. The highest BCUT2D eigenvalue weighted by Gasteiger charge is 2.21. The minimum Gasteiger partial charge on any atom is -0.455 e. The molecule has 0 unspecified atom stereocenters. The molecule has 1 aromatic heterocycles. The molecule has 154 valence electrons. The minimum atomic E-state index is -0.657. The molecule has 1 fully saturated rings. The van der Waals surface area contributed by atoms with Crippen molar-refractivity contribution in [2.45, 2.75) is 6.42 Å². The maximum Gasteiger partial charge on any atom is 0.312 e. The minimum absolute atomic E-state index is 0.0947. The van der Waals surface area contributed by atoms with E-state index in [-0.39, 0.29) is 24.4 Å². The number of nitrogens with one attached hydrogen (secondary N) is 1. The van der Waals surface area contributed by atoms with Gasteiger partial charge in [0, 0.05) is 25.5 Å². The predicted molar refractivity (Wildman–Crippen MR) is 102 cm³/mol. The highest BCUT2D eigenvalue weighted by Crippen LogP contribution is 2.13.